The van der Waals surface area contributed by atoms with E-state index < -0.39 is 0 Å². The maximum absolute atomic E-state index is 11.9. The monoisotopic (exact) mass is 244 g/mol. The molecule has 5 nitrogen and oxygen atoms in total. The first-order chi connectivity index (χ1) is 8.54. The maximum atomic E-state index is 11.9. The van der Waals surface area contributed by atoms with Crippen LogP contribution in [0.25, 0.3) is 0 Å². The minimum absolute atomic E-state index is 0.108. The van der Waals surface area contributed by atoms with E-state index in [9.17, 15) is 4.79 Å². The first kappa shape index (κ1) is 12.4. The van der Waals surface area contributed by atoms with Gasteiger partial charge in [-0.1, -0.05) is 23.8 Å². The SMILES string of the molecule is Cc1ccc(C)c(CC(=O)Cc2nnn(C)n2)c1. The van der Waals surface area contributed by atoms with Gasteiger partial charge in [-0.25, -0.2) is 0 Å². The predicted molar refractivity (Wildman–Crippen MR) is 67.1 cm³/mol. The molecule has 0 fully saturated rings. The molecular formula is C13H16N4O. The molecule has 0 N–H and O–H groups in total. The molecule has 0 aliphatic rings. The molecule has 2 rings (SSSR count). The lowest BCUT2D eigenvalue weighted by molar-refractivity contribution is -0.117. The van der Waals surface area contributed by atoms with Crippen LogP contribution in [0.4, 0.5) is 0 Å². The predicted octanol–water partition coefficient (Wildman–Crippen LogP) is 1.18. The summed E-state index contributed by atoms with van der Waals surface area (Å²) in [7, 11) is 1.69. The third-order valence-electron chi connectivity index (χ3n) is 2.80. The molecule has 0 saturated heterocycles. The van der Waals surface area contributed by atoms with E-state index in [4.69, 9.17) is 0 Å². The number of benzene rings is 1. The summed E-state index contributed by atoms with van der Waals surface area (Å²) in [5.74, 6) is 0.588. The Hall–Kier alpha value is -2.04. The van der Waals surface area contributed by atoms with Gasteiger partial charge in [0.15, 0.2) is 5.82 Å². The van der Waals surface area contributed by atoms with Gasteiger partial charge in [-0.15, -0.1) is 10.2 Å². The Morgan fingerprint density at radius 1 is 1.28 bits per heavy atom. The molecule has 1 aromatic carbocycles. The zero-order valence-electron chi connectivity index (χ0n) is 10.8. The molecule has 94 valence electrons. The van der Waals surface area contributed by atoms with Crippen molar-refractivity contribution in [2.24, 2.45) is 7.05 Å². The Bertz CT molecular complexity index is 574. The average molecular weight is 244 g/mol. The average Bonchev–Trinajstić information content (AvgIpc) is 2.69. The van der Waals surface area contributed by atoms with Crippen LogP contribution in [-0.4, -0.2) is 26.0 Å². The Labute approximate surface area is 106 Å². The topological polar surface area (TPSA) is 60.7 Å². The minimum Gasteiger partial charge on any atom is -0.299 e. The normalized spacial score (nSPS) is 10.6. The van der Waals surface area contributed by atoms with E-state index in [1.165, 1.54) is 10.4 Å². The molecule has 1 aromatic heterocycles. The number of nitrogens with zero attached hydrogens (tertiary/aromatic N) is 4. The Kier molecular flexibility index (Phi) is 3.50. The molecule has 0 spiro atoms. The quantitative estimate of drug-likeness (QED) is 0.810. The van der Waals surface area contributed by atoms with Gasteiger partial charge in [-0.3, -0.25) is 4.79 Å². The number of carbonyl (C=O) groups is 1. The molecule has 0 aliphatic heterocycles. The summed E-state index contributed by atoms with van der Waals surface area (Å²) < 4.78 is 0. The lowest BCUT2D eigenvalue weighted by Crippen LogP contribution is -2.09. The van der Waals surface area contributed by atoms with Crippen molar-refractivity contribution < 1.29 is 4.79 Å². The smallest absolute Gasteiger partial charge is 0.182 e. The Morgan fingerprint density at radius 2 is 2.06 bits per heavy atom. The second kappa shape index (κ2) is 5.08. The molecule has 2 aromatic rings. The summed E-state index contributed by atoms with van der Waals surface area (Å²) in [4.78, 5) is 13.3. The number of aryl methyl sites for hydroxylation is 3. The van der Waals surface area contributed by atoms with Crippen LogP contribution in [0.15, 0.2) is 18.2 Å². The fourth-order valence-electron chi connectivity index (χ4n) is 1.84. The van der Waals surface area contributed by atoms with Gasteiger partial charge in [-0.2, -0.15) is 4.80 Å². The van der Waals surface area contributed by atoms with Gasteiger partial charge in [0, 0.05) is 6.42 Å². The number of tetrazole rings is 1. The molecule has 0 atom stereocenters. The Morgan fingerprint density at radius 3 is 2.72 bits per heavy atom. The van der Waals surface area contributed by atoms with Crippen molar-refractivity contribution in [3.05, 3.63) is 40.7 Å². The van der Waals surface area contributed by atoms with E-state index in [1.807, 2.05) is 26.0 Å². The largest absolute Gasteiger partial charge is 0.299 e. The first-order valence-corrected chi connectivity index (χ1v) is 5.85. The van der Waals surface area contributed by atoms with Gasteiger partial charge >= 0.3 is 0 Å². The number of ketones is 1. The summed E-state index contributed by atoms with van der Waals surface area (Å²) in [6, 6.07) is 6.14. The van der Waals surface area contributed by atoms with E-state index in [0.717, 1.165) is 11.1 Å². The van der Waals surface area contributed by atoms with Crippen molar-refractivity contribution in [1.82, 2.24) is 20.2 Å². The highest BCUT2D eigenvalue weighted by molar-refractivity contribution is 5.82. The van der Waals surface area contributed by atoms with Crippen molar-refractivity contribution in [1.29, 1.82) is 0 Å². The number of aromatic nitrogens is 4. The highest BCUT2D eigenvalue weighted by Crippen LogP contribution is 2.12. The zero-order valence-corrected chi connectivity index (χ0v) is 10.8. The summed E-state index contributed by atoms with van der Waals surface area (Å²) in [6.45, 7) is 4.04. The van der Waals surface area contributed by atoms with Crippen LogP contribution in [-0.2, 0) is 24.7 Å². The van der Waals surface area contributed by atoms with E-state index in [0.29, 0.717) is 12.2 Å². The van der Waals surface area contributed by atoms with Crippen molar-refractivity contribution >= 4 is 5.78 Å². The van der Waals surface area contributed by atoms with Gasteiger partial charge in [-0.05, 0) is 30.2 Å². The number of Topliss-reactive ketones (excluding diaryl/α,β-unsaturated/α-hetero) is 1. The van der Waals surface area contributed by atoms with Crippen LogP contribution >= 0.6 is 0 Å². The second-order valence-electron chi connectivity index (χ2n) is 4.52. The highest BCUT2D eigenvalue weighted by Gasteiger charge is 2.10. The van der Waals surface area contributed by atoms with Crippen LogP contribution in [0.2, 0.25) is 0 Å². The lowest BCUT2D eigenvalue weighted by Gasteiger charge is -2.05. The van der Waals surface area contributed by atoms with Gasteiger partial charge in [0.1, 0.15) is 5.78 Å². The van der Waals surface area contributed by atoms with Crippen molar-refractivity contribution in [3.63, 3.8) is 0 Å². The molecular weight excluding hydrogens is 228 g/mol. The summed E-state index contributed by atoms with van der Waals surface area (Å²) in [5, 5.41) is 11.5. The van der Waals surface area contributed by atoms with Crippen LogP contribution < -0.4 is 0 Å². The molecule has 18 heavy (non-hydrogen) atoms. The van der Waals surface area contributed by atoms with Gasteiger partial charge in [0.2, 0.25) is 0 Å². The molecule has 5 heteroatoms. The summed E-state index contributed by atoms with van der Waals surface area (Å²) >= 11 is 0. The molecule has 1 heterocycles. The van der Waals surface area contributed by atoms with E-state index in [1.54, 1.807) is 7.05 Å². The fourth-order valence-corrected chi connectivity index (χ4v) is 1.84. The summed E-state index contributed by atoms with van der Waals surface area (Å²) in [5.41, 5.74) is 3.38. The maximum Gasteiger partial charge on any atom is 0.182 e. The first-order valence-electron chi connectivity index (χ1n) is 5.85. The summed E-state index contributed by atoms with van der Waals surface area (Å²) in [6.07, 6.45) is 0.660. The Balaban J connectivity index is 2.05. The number of rotatable bonds is 4. The number of carbonyl (C=O) groups excluding carboxylic acids is 1. The van der Waals surface area contributed by atoms with Crippen molar-refractivity contribution in [2.45, 2.75) is 26.7 Å². The third-order valence-corrected chi connectivity index (χ3v) is 2.80. The van der Waals surface area contributed by atoms with Crippen LogP contribution in [0.5, 0.6) is 0 Å². The van der Waals surface area contributed by atoms with Crippen LogP contribution in [0.3, 0.4) is 0 Å². The van der Waals surface area contributed by atoms with Crippen LogP contribution in [0.1, 0.15) is 22.5 Å². The third kappa shape index (κ3) is 3.00. The fraction of sp³-hybridized carbons (Fsp3) is 0.385. The number of hydrogen-bond acceptors (Lipinski definition) is 4. The molecule has 0 saturated carbocycles. The minimum atomic E-state index is 0.108. The lowest BCUT2D eigenvalue weighted by atomic mass is 10.00. The van der Waals surface area contributed by atoms with Crippen molar-refractivity contribution in [2.75, 3.05) is 0 Å². The van der Waals surface area contributed by atoms with Crippen LogP contribution in [0, 0.1) is 13.8 Å². The molecule has 0 aliphatic carbocycles. The standard InChI is InChI=1S/C13H16N4O/c1-9-4-5-10(2)11(6-9)7-12(18)8-13-14-16-17(3)15-13/h4-6H,7-8H2,1-3H3. The zero-order chi connectivity index (χ0) is 13.1. The van der Waals surface area contributed by atoms with Gasteiger partial charge < -0.3 is 0 Å². The van der Waals surface area contributed by atoms with Gasteiger partial charge in [0.25, 0.3) is 0 Å². The number of hydrogen-bond donors (Lipinski definition) is 0. The van der Waals surface area contributed by atoms with Gasteiger partial charge in [0.05, 0.1) is 13.5 Å². The highest BCUT2D eigenvalue weighted by atomic mass is 16.1. The van der Waals surface area contributed by atoms with E-state index in [-0.39, 0.29) is 12.2 Å². The van der Waals surface area contributed by atoms with E-state index in [2.05, 4.69) is 21.5 Å². The molecule has 0 radical (unpaired) electrons. The van der Waals surface area contributed by atoms with E-state index >= 15 is 0 Å². The second-order valence-corrected chi connectivity index (χ2v) is 4.52. The molecule has 0 amide bonds. The van der Waals surface area contributed by atoms with Crippen molar-refractivity contribution in [3.8, 4) is 0 Å². The molecule has 0 bridgehead atoms. The molecule has 0 unspecified atom stereocenters.